The quantitative estimate of drug-likeness (QED) is 0.695. The molecule has 2 aliphatic heterocycles. The van der Waals surface area contributed by atoms with E-state index in [-0.39, 0.29) is 67.1 Å². The Morgan fingerprint density at radius 3 is 2.38 bits per heavy atom. The summed E-state index contributed by atoms with van der Waals surface area (Å²) in [5, 5.41) is 9.22. The summed E-state index contributed by atoms with van der Waals surface area (Å²) in [5.41, 5.74) is 0.226. The lowest BCUT2D eigenvalue weighted by Crippen LogP contribution is -2.52. The molecule has 2 saturated heterocycles. The van der Waals surface area contributed by atoms with Crippen LogP contribution in [0.1, 0.15) is 12.0 Å². The van der Waals surface area contributed by atoms with Crippen LogP contribution < -0.4 is 4.90 Å². The molecule has 0 aromatic heterocycles. The van der Waals surface area contributed by atoms with Crippen LogP contribution in [0.2, 0.25) is 0 Å². The lowest BCUT2D eigenvalue weighted by Gasteiger charge is -2.35. The van der Waals surface area contributed by atoms with Crippen LogP contribution >= 0.6 is 0 Å². The standard InChI is InChI=1S/C22H21FN4O4S/c23-18-6-2-3-7-19(18)27-15-17(13-21(27)28)22(29)25-9-11-26(12-10-25)32(30,31)20-8-4-1-5-16(20)14-24/h1-8,17H,9-13,15H2. The average molecular weight is 456 g/mol. The second-order valence-electron chi connectivity index (χ2n) is 7.69. The van der Waals surface area contributed by atoms with Crippen LogP contribution in [0.5, 0.6) is 0 Å². The van der Waals surface area contributed by atoms with Gasteiger partial charge in [0.1, 0.15) is 11.9 Å². The Morgan fingerprint density at radius 1 is 1.03 bits per heavy atom. The third-order valence-corrected chi connectivity index (χ3v) is 7.75. The fourth-order valence-corrected chi connectivity index (χ4v) is 5.67. The minimum atomic E-state index is -3.86. The second-order valence-corrected chi connectivity index (χ2v) is 9.60. The number of hydrogen-bond acceptors (Lipinski definition) is 5. The van der Waals surface area contributed by atoms with E-state index in [2.05, 4.69) is 0 Å². The predicted molar refractivity (Wildman–Crippen MR) is 113 cm³/mol. The number of para-hydroxylation sites is 1. The van der Waals surface area contributed by atoms with Gasteiger partial charge in [0.15, 0.2) is 0 Å². The van der Waals surface area contributed by atoms with E-state index in [1.54, 1.807) is 23.1 Å². The van der Waals surface area contributed by atoms with Gasteiger partial charge in [0, 0.05) is 39.1 Å². The number of piperazine rings is 1. The molecule has 0 N–H and O–H groups in total. The number of amides is 2. The summed E-state index contributed by atoms with van der Waals surface area (Å²) in [4.78, 5) is 28.2. The fraction of sp³-hybridized carbons (Fsp3) is 0.318. The molecular weight excluding hydrogens is 435 g/mol. The van der Waals surface area contributed by atoms with Gasteiger partial charge in [-0.1, -0.05) is 24.3 Å². The molecular formula is C22H21FN4O4S. The van der Waals surface area contributed by atoms with Crippen molar-refractivity contribution in [1.29, 1.82) is 5.26 Å². The zero-order valence-electron chi connectivity index (χ0n) is 17.1. The summed E-state index contributed by atoms with van der Waals surface area (Å²) >= 11 is 0. The van der Waals surface area contributed by atoms with E-state index in [0.717, 1.165) is 0 Å². The number of anilines is 1. The minimum absolute atomic E-state index is 0.0127. The Morgan fingerprint density at radius 2 is 1.69 bits per heavy atom. The van der Waals surface area contributed by atoms with Gasteiger partial charge in [-0.3, -0.25) is 9.59 Å². The molecule has 8 nitrogen and oxygen atoms in total. The van der Waals surface area contributed by atoms with Gasteiger partial charge < -0.3 is 9.80 Å². The summed E-state index contributed by atoms with van der Waals surface area (Å²) < 4.78 is 41.3. The van der Waals surface area contributed by atoms with Crippen LogP contribution in [-0.4, -0.2) is 62.2 Å². The molecule has 0 radical (unpaired) electrons. The van der Waals surface area contributed by atoms with E-state index in [1.807, 2.05) is 6.07 Å². The highest BCUT2D eigenvalue weighted by atomic mass is 32.2. The highest BCUT2D eigenvalue weighted by Gasteiger charge is 2.39. The van der Waals surface area contributed by atoms with Crippen LogP contribution in [0.15, 0.2) is 53.4 Å². The van der Waals surface area contributed by atoms with Crippen molar-refractivity contribution in [2.75, 3.05) is 37.6 Å². The Labute approximate surface area is 185 Å². The Bertz CT molecular complexity index is 1200. The van der Waals surface area contributed by atoms with Crippen LogP contribution in [-0.2, 0) is 19.6 Å². The number of benzene rings is 2. The highest BCUT2D eigenvalue weighted by molar-refractivity contribution is 7.89. The summed E-state index contributed by atoms with van der Waals surface area (Å²) in [6, 6.07) is 13.8. The SMILES string of the molecule is N#Cc1ccccc1S(=O)(=O)N1CCN(C(=O)C2CC(=O)N(c3ccccc3F)C2)CC1. The van der Waals surface area contributed by atoms with Gasteiger partial charge in [0.2, 0.25) is 21.8 Å². The first-order valence-corrected chi connectivity index (χ1v) is 11.6. The summed E-state index contributed by atoms with van der Waals surface area (Å²) in [6.07, 6.45) is -0.0127. The van der Waals surface area contributed by atoms with E-state index >= 15 is 0 Å². The second kappa shape index (κ2) is 8.68. The van der Waals surface area contributed by atoms with Gasteiger partial charge in [-0.15, -0.1) is 0 Å². The smallest absolute Gasteiger partial charge is 0.244 e. The van der Waals surface area contributed by atoms with E-state index in [1.165, 1.54) is 39.5 Å². The van der Waals surface area contributed by atoms with E-state index in [9.17, 15) is 27.7 Å². The summed E-state index contributed by atoms with van der Waals surface area (Å²) in [5.74, 6) is -1.69. The highest BCUT2D eigenvalue weighted by Crippen LogP contribution is 2.29. The molecule has 2 heterocycles. The summed E-state index contributed by atoms with van der Waals surface area (Å²) in [7, 11) is -3.86. The number of nitrogens with zero attached hydrogens (tertiary/aromatic N) is 4. The Kier molecular flexibility index (Phi) is 5.95. The number of hydrogen-bond donors (Lipinski definition) is 0. The van der Waals surface area contributed by atoms with E-state index < -0.39 is 21.8 Å². The molecule has 0 spiro atoms. The molecule has 2 amide bonds. The molecule has 0 saturated carbocycles. The zero-order valence-corrected chi connectivity index (χ0v) is 18.0. The third kappa shape index (κ3) is 3.97. The van der Waals surface area contributed by atoms with Gasteiger partial charge in [0.25, 0.3) is 0 Å². The largest absolute Gasteiger partial charge is 0.340 e. The van der Waals surface area contributed by atoms with Gasteiger partial charge in [-0.05, 0) is 24.3 Å². The van der Waals surface area contributed by atoms with Gasteiger partial charge in [-0.2, -0.15) is 9.57 Å². The molecule has 2 aliphatic rings. The van der Waals surface area contributed by atoms with E-state index in [4.69, 9.17) is 0 Å². The van der Waals surface area contributed by atoms with Crippen molar-refractivity contribution in [2.24, 2.45) is 5.92 Å². The normalized spacial score (nSPS) is 19.8. The lowest BCUT2D eigenvalue weighted by molar-refractivity contribution is -0.136. The van der Waals surface area contributed by atoms with Crippen molar-refractivity contribution in [1.82, 2.24) is 9.21 Å². The predicted octanol–water partition coefficient (Wildman–Crippen LogP) is 1.58. The van der Waals surface area contributed by atoms with Gasteiger partial charge in [-0.25, -0.2) is 12.8 Å². The lowest BCUT2D eigenvalue weighted by atomic mass is 10.1. The third-order valence-electron chi connectivity index (χ3n) is 5.79. The van der Waals surface area contributed by atoms with Crippen molar-refractivity contribution < 1.29 is 22.4 Å². The first-order valence-electron chi connectivity index (χ1n) is 10.2. The number of carbonyl (C=O) groups excluding carboxylic acids is 2. The molecule has 1 atom stereocenters. The summed E-state index contributed by atoms with van der Waals surface area (Å²) in [6.45, 7) is 0.623. The first kappa shape index (κ1) is 21.9. The zero-order chi connectivity index (χ0) is 22.9. The van der Waals surface area contributed by atoms with Crippen molar-refractivity contribution in [3.05, 3.63) is 59.9 Å². The molecule has 2 aromatic rings. The first-order chi connectivity index (χ1) is 15.3. The Balaban J connectivity index is 1.42. The number of halogens is 1. The fourth-order valence-electron chi connectivity index (χ4n) is 4.11. The maximum absolute atomic E-state index is 14.1. The van der Waals surface area contributed by atoms with Gasteiger partial charge in [0.05, 0.1) is 22.1 Å². The molecule has 1 unspecified atom stereocenters. The molecule has 0 bridgehead atoms. The Hall–Kier alpha value is -3.29. The molecule has 4 rings (SSSR count). The van der Waals surface area contributed by atoms with Crippen LogP contribution in [0, 0.1) is 23.1 Å². The van der Waals surface area contributed by atoms with Crippen LogP contribution in [0.4, 0.5) is 10.1 Å². The molecule has 0 aliphatic carbocycles. The van der Waals surface area contributed by atoms with Crippen LogP contribution in [0.3, 0.4) is 0 Å². The van der Waals surface area contributed by atoms with Crippen molar-refractivity contribution in [3.8, 4) is 6.07 Å². The van der Waals surface area contributed by atoms with Gasteiger partial charge >= 0.3 is 0 Å². The molecule has 2 aromatic carbocycles. The van der Waals surface area contributed by atoms with Crippen LogP contribution in [0.25, 0.3) is 0 Å². The maximum atomic E-state index is 14.1. The average Bonchev–Trinajstić information content (AvgIpc) is 3.20. The number of carbonyl (C=O) groups is 2. The topological polar surface area (TPSA) is 102 Å². The van der Waals surface area contributed by atoms with E-state index in [0.29, 0.717) is 0 Å². The minimum Gasteiger partial charge on any atom is -0.340 e. The molecule has 166 valence electrons. The number of nitriles is 1. The molecule has 2 fully saturated rings. The molecule has 32 heavy (non-hydrogen) atoms. The van der Waals surface area contributed by atoms with Crippen molar-refractivity contribution >= 4 is 27.5 Å². The monoisotopic (exact) mass is 456 g/mol. The molecule has 10 heteroatoms. The van der Waals surface area contributed by atoms with Crippen molar-refractivity contribution in [2.45, 2.75) is 11.3 Å². The number of rotatable bonds is 4. The number of sulfonamides is 1. The maximum Gasteiger partial charge on any atom is 0.244 e. The van der Waals surface area contributed by atoms with Crippen molar-refractivity contribution in [3.63, 3.8) is 0 Å².